The Balaban J connectivity index is 1.88. The van der Waals surface area contributed by atoms with Crippen molar-refractivity contribution in [1.29, 1.82) is 0 Å². The van der Waals surface area contributed by atoms with E-state index in [1.165, 1.54) is 18.9 Å². The van der Waals surface area contributed by atoms with Gasteiger partial charge in [0.05, 0.1) is 17.7 Å². The lowest BCUT2D eigenvalue weighted by Gasteiger charge is -2.04. The Morgan fingerprint density at radius 2 is 1.92 bits per heavy atom. The fourth-order valence-electron chi connectivity index (χ4n) is 2.51. The Hall–Kier alpha value is -2.73. The lowest BCUT2D eigenvalue weighted by atomic mass is 10.1. The molecule has 0 bridgehead atoms. The van der Waals surface area contributed by atoms with Crippen LogP contribution in [0, 0.1) is 13.8 Å². The van der Waals surface area contributed by atoms with Gasteiger partial charge in [-0.15, -0.1) is 0 Å². The molecule has 1 aliphatic rings. The topological polar surface area (TPSA) is 70.9 Å². The third kappa shape index (κ3) is 3.69. The van der Waals surface area contributed by atoms with E-state index in [1.54, 1.807) is 24.3 Å². The number of nitrogens with one attached hydrogen (secondary N) is 1. The second kappa shape index (κ2) is 7.03. The van der Waals surface area contributed by atoms with Crippen LogP contribution < -0.4 is 10.1 Å². The lowest BCUT2D eigenvalue weighted by molar-refractivity contribution is -0.115. The number of thioether (sulfide) groups is 1. The van der Waals surface area contributed by atoms with Gasteiger partial charge in [-0.2, -0.15) is 0 Å². The molecule has 0 spiro atoms. The van der Waals surface area contributed by atoms with E-state index in [0.29, 0.717) is 21.4 Å². The number of para-hydroxylation sites is 1. The molecule has 2 aromatic carbocycles. The van der Waals surface area contributed by atoms with Crippen molar-refractivity contribution in [1.82, 2.24) is 5.32 Å². The summed E-state index contributed by atoms with van der Waals surface area (Å²) in [4.78, 5) is 17.3. The number of ether oxygens (including phenoxy) is 1. The summed E-state index contributed by atoms with van der Waals surface area (Å²) in [6, 6.07) is 11.0. The molecule has 0 radical (unpaired) electrons. The molecule has 0 atom stereocenters. The third-order valence-electron chi connectivity index (χ3n) is 3.80. The van der Waals surface area contributed by atoms with Crippen molar-refractivity contribution < 1.29 is 14.6 Å². The average Bonchev–Trinajstić information content (AvgIpc) is 2.91. The van der Waals surface area contributed by atoms with Gasteiger partial charge in [-0.25, -0.2) is 4.99 Å². The molecule has 1 aliphatic heterocycles. The van der Waals surface area contributed by atoms with Crippen LogP contribution in [0.5, 0.6) is 11.5 Å². The predicted octanol–water partition coefficient (Wildman–Crippen LogP) is 3.91. The summed E-state index contributed by atoms with van der Waals surface area (Å²) < 4.78 is 5.02. The third-order valence-corrected chi connectivity index (χ3v) is 4.71. The second-order valence-electron chi connectivity index (χ2n) is 5.65. The van der Waals surface area contributed by atoms with E-state index < -0.39 is 0 Å². The minimum Gasteiger partial charge on any atom is -0.504 e. The second-order valence-corrected chi connectivity index (χ2v) is 6.68. The zero-order valence-corrected chi connectivity index (χ0v) is 15.0. The zero-order valence-electron chi connectivity index (χ0n) is 14.2. The molecule has 2 N–H and O–H groups in total. The molecular formula is C19H18N2O3S. The van der Waals surface area contributed by atoms with Crippen LogP contribution in [0.3, 0.4) is 0 Å². The molecule has 0 aromatic heterocycles. The van der Waals surface area contributed by atoms with Crippen molar-refractivity contribution in [3.05, 3.63) is 58.0 Å². The standard InChI is InChI=1S/C19H18N2O3S/c1-11-5-4-6-12(2)17(11)20-19-21-18(23)16(25-19)10-13-7-8-15(24-3)14(22)9-13/h4-10,22H,1-3H3,(H,20,21,23). The molecule has 0 aliphatic carbocycles. The summed E-state index contributed by atoms with van der Waals surface area (Å²) in [6.45, 7) is 3.98. The first-order chi connectivity index (χ1) is 12.0. The van der Waals surface area contributed by atoms with E-state index in [-0.39, 0.29) is 11.7 Å². The van der Waals surface area contributed by atoms with E-state index in [4.69, 9.17) is 4.74 Å². The van der Waals surface area contributed by atoms with Crippen LogP contribution in [0.4, 0.5) is 5.69 Å². The number of aliphatic imine (C=N–C) groups is 1. The molecule has 3 rings (SSSR count). The van der Waals surface area contributed by atoms with Crippen molar-refractivity contribution in [2.75, 3.05) is 7.11 Å². The Labute approximate surface area is 150 Å². The molecule has 1 fully saturated rings. The van der Waals surface area contributed by atoms with Gasteiger partial charge in [0.15, 0.2) is 16.7 Å². The highest BCUT2D eigenvalue weighted by Crippen LogP contribution is 2.32. The van der Waals surface area contributed by atoms with Crippen LogP contribution in [-0.2, 0) is 4.79 Å². The summed E-state index contributed by atoms with van der Waals surface area (Å²) in [5, 5.41) is 13.2. The summed E-state index contributed by atoms with van der Waals surface area (Å²) in [7, 11) is 1.49. The number of aromatic hydroxyl groups is 1. The van der Waals surface area contributed by atoms with Crippen LogP contribution in [0.25, 0.3) is 6.08 Å². The molecule has 6 heteroatoms. The molecule has 2 aromatic rings. The van der Waals surface area contributed by atoms with E-state index >= 15 is 0 Å². The van der Waals surface area contributed by atoms with Gasteiger partial charge >= 0.3 is 0 Å². The minimum atomic E-state index is -0.203. The number of hydrogen-bond donors (Lipinski definition) is 2. The number of hydrogen-bond acceptors (Lipinski definition) is 5. The Morgan fingerprint density at radius 1 is 1.20 bits per heavy atom. The van der Waals surface area contributed by atoms with Gasteiger partial charge in [-0.3, -0.25) is 4.79 Å². The van der Waals surface area contributed by atoms with Crippen LogP contribution in [-0.4, -0.2) is 23.3 Å². The molecule has 1 amide bonds. The first-order valence-corrected chi connectivity index (χ1v) is 8.52. The highest BCUT2D eigenvalue weighted by Gasteiger charge is 2.24. The normalized spacial score (nSPS) is 17.2. The number of rotatable bonds is 3. The number of carbonyl (C=O) groups is 1. The smallest absolute Gasteiger partial charge is 0.264 e. The van der Waals surface area contributed by atoms with Crippen molar-refractivity contribution in [2.24, 2.45) is 4.99 Å². The summed E-state index contributed by atoms with van der Waals surface area (Å²) in [5.41, 5.74) is 3.69. The van der Waals surface area contributed by atoms with E-state index in [0.717, 1.165) is 16.8 Å². The number of amidine groups is 1. The van der Waals surface area contributed by atoms with Gasteiger partial charge in [0, 0.05) is 0 Å². The lowest BCUT2D eigenvalue weighted by Crippen LogP contribution is -2.19. The highest BCUT2D eigenvalue weighted by atomic mass is 32.2. The van der Waals surface area contributed by atoms with E-state index in [9.17, 15) is 9.90 Å². The van der Waals surface area contributed by atoms with Crippen LogP contribution >= 0.6 is 11.8 Å². The first-order valence-electron chi connectivity index (χ1n) is 7.70. The van der Waals surface area contributed by atoms with Crippen LogP contribution in [0.1, 0.15) is 16.7 Å². The van der Waals surface area contributed by atoms with E-state index in [2.05, 4.69) is 10.3 Å². The molecule has 128 valence electrons. The summed E-state index contributed by atoms with van der Waals surface area (Å²) in [5.74, 6) is 0.220. The predicted molar refractivity (Wildman–Crippen MR) is 101 cm³/mol. The van der Waals surface area contributed by atoms with Gasteiger partial charge in [0.1, 0.15) is 0 Å². The molecule has 0 saturated carbocycles. The maximum absolute atomic E-state index is 12.2. The SMILES string of the molecule is COc1ccc(C=C2SC(=Nc3c(C)cccc3C)NC2=O)cc1O. The Bertz CT molecular complexity index is 883. The van der Waals surface area contributed by atoms with Crippen molar-refractivity contribution in [2.45, 2.75) is 13.8 Å². The molecule has 25 heavy (non-hydrogen) atoms. The maximum atomic E-state index is 12.2. The number of aryl methyl sites for hydroxylation is 2. The summed E-state index contributed by atoms with van der Waals surface area (Å²) >= 11 is 1.28. The molecule has 1 saturated heterocycles. The van der Waals surface area contributed by atoms with E-state index in [1.807, 2.05) is 32.0 Å². The quantitative estimate of drug-likeness (QED) is 0.820. The molecule has 0 unspecified atom stereocenters. The monoisotopic (exact) mass is 354 g/mol. The van der Waals surface area contributed by atoms with Gasteiger partial charge in [-0.05, 0) is 60.5 Å². The molecule has 1 heterocycles. The fraction of sp³-hybridized carbons (Fsp3) is 0.158. The van der Waals surface area contributed by atoms with Crippen LogP contribution in [0.2, 0.25) is 0 Å². The van der Waals surface area contributed by atoms with Gasteiger partial charge in [0.2, 0.25) is 0 Å². The number of phenolic OH excluding ortho intramolecular Hbond substituents is 1. The number of methoxy groups -OCH3 is 1. The minimum absolute atomic E-state index is 0.0321. The Morgan fingerprint density at radius 3 is 2.56 bits per heavy atom. The van der Waals surface area contributed by atoms with Crippen molar-refractivity contribution in [3.63, 3.8) is 0 Å². The van der Waals surface area contributed by atoms with Crippen molar-refractivity contribution >= 4 is 34.6 Å². The maximum Gasteiger partial charge on any atom is 0.264 e. The molecule has 5 nitrogen and oxygen atoms in total. The average molecular weight is 354 g/mol. The molecular weight excluding hydrogens is 336 g/mol. The highest BCUT2D eigenvalue weighted by molar-refractivity contribution is 8.18. The largest absolute Gasteiger partial charge is 0.504 e. The number of carbonyl (C=O) groups excluding carboxylic acids is 1. The Kier molecular flexibility index (Phi) is 4.81. The summed E-state index contributed by atoms with van der Waals surface area (Å²) in [6.07, 6.45) is 1.71. The fourth-order valence-corrected chi connectivity index (χ4v) is 3.34. The van der Waals surface area contributed by atoms with Gasteiger partial charge in [0.25, 0.3) is 5.91 Å². The van der Waals surface area contributed by atoms with Gasteiger partial charge < -0.3 is 15.2 Å². The van der Waals surface area contributed by atoms with Gasteiger partial charge in [-0.1, -0.05) is 24.3 Å². The zero-order chi connectivity index (χ0) is 18.0. The van der Waals surface area contributed by atoms with Crippen LogP contribution in [0.15, 0.2) is 46.3 Å². The number of phenols is 1. The number of benzene rings is 2. The first kappa shape index (κ1) is 17.1. The number of amides is 1. The number of nitrogens with zero attached hydrogens (tertiary/aromatic N) is 1. The van der Waals surface area contributed by atoms with Crippen molar-refractivity contribution in [3.8, 4) is 11.5 Å².